The van der Waals surface area contributed by atoms with Crippen LogP contribution in [-0.4, -0.2) is 28.3 Å². The van der Waals surface area contributed by atoms with Gasteiger partial charge in [0.25, 0.3) is 0 Å². The zero-order chi connectivity index (χ0) is 20.5. The second kappa shape index (κ2) is 8.46. The second-order valence-electron chi connectivity index (χ2n) is 8.85. The molecular formula is C26H30N2O2. The summed E-state index contributed by atoms with van der Waals surface area (Å²) in [5.74, 6) is 0.0106. The number of rotatable bonds is 5. The molecule has 3 atom stereocenters. The fourth-order valence-electron chi connectivity index (χ4n) is 5.38. The highest BCUT2D eigenvalue weighted by Gasteiger charge is 2.34. The molecule has 156 valence electrons. The molecule has 3 aromatic rings. The van der Waals surface area contributed by atoms with E-state index in [1.807, 2.05) is 12.3 Å². The third kappa shape index (κ3) is 3.64. The summed E-state index contributed by atoms with van der Waals surface area (Å²) in [4.78, 5) is 4.15. The molecule has 0 amide bonds. The maximum Gasteiger partial charge on any atom is 0.0835 e. The highest BCUT2D eigenvalue weighted by molar-refractivity contribution is 5.91. The van der Waals surface area contributed by atoms with Crippen LogP contribution in [0.15, 0.2) is 48.8 Å². The van der Waals surface area contributed by atoms with Gasteiger partial charge in [0.15, 0.2) is 0 Å². The topological polar surface area (TPSA) is 65.4 Å². The molecule has 4 heteroatoms. The minimum atomic E-state index is -0.547. The van der Waals surface area contributed by atoms with Crippen LogP contribution >= 0.6 is 0 Å². The zero-order valence-electron chi connectivity index (χ0n) is 17.3. The van der Waals surface area contributed by atoms with Crippen LogP contribution in [-0.2, 0) is 19.3 Å². The van der Waals surface area contributed by atoms with Gasteiger partial charge < -0.3 is 15.5 Å². The van der Waals surface area contributed by atoms with Gasteiger partial charge in [-0.05, 0) is 89.7 Å². The van der Waals surface area contributed by atoms with Crippen molar-refractivity contribution in [3.63, 3.8) is 0 Å². The van der Waals surface area contributed by atoms with Crippen LogP contribution in [0.5, 0.6) is 0 Å². The number of nitrogens with one attached hydrogen (secondary N) is 1. The van der Waals surface area contributed by atoms with E-state index in [-0.39, 0.29) is 5.92 Å². The molecule has 2 aliphatic rings. The number of pyridine rings is 1. The fourth-order valence-corrected chi connectivity index (χ4v) is 5.38. The summed E-state index contributed by atoms with van der Waals surface area (Å²) in [5, 5.41) is 28.0. The third-order valence-electron chi connectivity index (χ3n) is 6.95. The number of benzene rings is 2. The maximum atomic E-state index is 11.1. The van der Waals surface area contributed by atoms with E-state index in [0.29, 0.717) is 13.0 Å². The van der Waals surface area contributed by atoms with Crippen LogP contribution in [0, 0.1) is 5.92 Å². The molecule has 2 aromatic carbocycles. The molecule has 0 saturated heterocycles. The lowest BCUT2D eigenvalue weighted by Crippen LogP contribution is -2.33. The molecule has 0 radical (unpaired) electrons. The molecule has 5 rings (SSSR count). The van der Waals surface area contributed by atoms with Gasteiger partial charge in [-0.15, -0.1) is 0 Å². The minimum Gasteiger partial charge on any atom is -0.388 e. The Morgan fingerprint density at radius 3 is 2.73 bits per heavy atom. The van der Waals surface area contributed by atoms with Gasteiger partial charge in [0.05, 0.1) is 12.2 Å². The predicted octanol–water partition coefficient (Wildman–Crippen LogP) is 4.03. The van der Waals surface area contributed by atoms with Crippen molar-refractivity contribution in [1.82, 2.24) is 10.3 Å². The summed E-state index contributed by atoms with van der Waals surface area (Å²) in [6.45, 7) is 1.53. The minimum absolute atomic E-state index is 0.0106. The Hall–Kier alpha value is -2.27. The van der Waals surface area contributed by atoms with Gasteiger partial charge in [-0.25, -0.2) is 0 Å². The van der Waals surface area contributed by atoms with Crippen LogP contribution < -0.4 is 5.32 Å². The maximum absolute atomic E-state index is 11.1. The summed E-state index contributed by atoms with van der Waals surface area (Å²) in [5.41, 5.74) is 5.95. The average Bonchev–Trinajstić information content (AvgIpc) is 2.79. The Kier molecular flexibility index (Phi) is 5.55. The lowest BCUT2D eigenvalue weighted by Gasteiger charge is -2.35. The van der Waals surface area contributed by atoms with Crippen molar-refractivity contribution in [2.24, 2.45) is 5.92 Å². The molecule has 0 bridgehead atoms. The van der Waals surface area contributed by atoms with Gasteiger partial charge in [0.2, 0.25) is 0 Å². The van der Waals surface area contributed by atoms with Crippen molar-refractivity contribution >= 4 is 10.8 Å². The van der Waals surface area contributed by atoms with Crippen LogP contribution in [0.4, 0.5) is 0 Å². The molecule has 4 nitrogen and oxygen atoms in total. The number of aliphatic hydroxyl groups is 2. The monoisotopic (exact) mass is 402 g/mol. The molecule has 2 aliphatic carbocycles. The Morgan fingerprint density at radius 2 is 1.87 bits per heavy atom. The van der Waals surface area contributed by atoms with E-state index in [4.69, 9.17) is 0 Å². The first-order valence-corrected chi connectivity index (χ1v) is 11.3. The van der Waals surface area contributed by atoms with Crippen molar-refractivity contribution in [3.8, 4) is 0 Å². The average molecular weight is 403 g/mol. The van der Waals surface area contributed by atoms with E-state index in [2.05, 4.69) is 40.6 Å². The normalized spacial score (nSPS) is 23.2. The summed E-state index contributed by atoms with van der Waals surface area (Å²) in [6.07, 6.45) is 8.87. The lowest BCUT2D eigenvalue weighted by atomic mass is 9.76. The SMILES string of the molecule is OC1CC(CNCCc2cccnc2)C(O)c2ccc3c4c(ccc3c21)CCCC4. The number of hydrogen-bond donors (Lipinski definition) is 3. The van der Waals surface area contributed by atoms with Crippen molar-refractivity contribution in [3.05, 3.63) is 76.6 Å². The Balaban J connectivity index is 1.34. The fraction of sp³-hybridized carbons (Fsp3) is 0.423. The summed E-state index contributed by atoms with van der Waals surface area (Å²) in [6, 6.07) is 12.7. The molecule has 30 heavy (non-hydrogen) atoms. The quantitative estimate of drug-likeness (QED) is 0.564. The summed E-state index contributed by atoms with van der Waals surface area (Å²) >= 11 is 0. The highest BCUT2D eigenvalue weighted by Crippen LogP contribution is 2.44. The van der Waals surface area contributed by atoms with Gasteiger partial charge in [-0.3, -0.25) is 4.98 Å². The lowest BCUT2D eigenvalue weighted by molar-refractivity contribution is 0.0397. The molecule has 1 heterocycles. The molecule has 3 N–H and O–H groups in total. The van der Waals surface area contributed by atoms with E-state index in [9.17, 15) is 10.2 Å². The van der Waals surface area contributed by atoms with E-state index in [0.717, 1.165) is 42.3 Å². The Morgan fingerprint density at radius 1 is 1.00 bits per heavy atom. The van der Waals surface area contributed by atoms with Gasteiger partial charge in [0.1, 0.15) is 0 Å². The van der Waals surface area contributed by atoms with E-state index in [1.54, 1.807) is 6.20 Å². The largest absolute Gasteiger partial charge is 0.388 e. The van der Waals surface area contributed by atoms with Crippen molar-refractivity contribution in [2.75, 3.05) is 13.1 Å². The van der Waals surface area contributed by atoms with Gasteiger partial charge in [-0.1, -0.05) is 30.3 Å². The van der Waals surface area contributed by atoms with Crippen LogP contribution in [0.3, 0.4) is 0 Å². The van der Waals surface area contributed by atoms with Crippen molar-refractivity contribution in [2.45, 2.75) is 50.7 Å². The Bertz CT molecular complexity index is 1030. The number of aryl methyl sites for hydroxylation is 2. The van der Waals surface area contributed by atoms with Gasteiger partial charge in [0, 0.05) is 24.9 Å². The van der Waals surface area contributed by atoms with Crippen molar-refractivity contribution in [1.29, 1.82) is 0 Å². The first kappa shape index (κ1) is 19.7. The molecule has 3 unspecified atom stereocenters. The second-order valence-corrected chi connectivity index (χ2v) is 8.85. The van der Waals surface area contributed by atoms with E-state index < -0.39 is 12.2 Å². The first-order chi connectivity index (χ1) is 14.7. The van der Waals surface area contributed by atoms with Crippen LogP contribution in [0.2, 0.25) is 0 Å². The van der Waals surface area contributed by atoms with E-state index >= 15 is 0 Å². The number of hydrogen-bond acceptors (Lipinski definition) is 4. The third-order valence-corrected chi connectivity index (χ3v) is 6.95. The van der Waals surface area contributed by atoms with Crippen LogP contribution in [0.1, 0.15) is 59.3 Å². The van der Waals surface area contributed by atoms with Crippen molar-refractivity contribution < 1.29 is 10.2 Å². The van der Waals surface area contributed by atoms with Gasteiger partial charge >= 0.3 is 0 Å². The summed E-state index contributed by atoms with van der Waals surface area (Å²) < 4.78 is 0. The molecular weight excluding hydrogens is 372 g/mol. The van der Waals surface area contributed by atoms with E-state index in [1.165, 1.54) is 34.9 Å². The molecule has 0 spiro atoms. The molecule has 0 fully saturated rings. The molecule has 1 aromatic heterocycles. The number of aliphatic hydroxyl groups excluding tert-OH is 2. The van der Waals surface area contributed by atoms with Crippen LogP contribution in [0.25, 0.3) is 10.8 Å². The number of fused-ring (bicyclic) bond motifs is 5. The predicted molar refractivity (Wildman–Crippen MR) is 119 cm³/mol. The van der Waals surface area contributed by atoms with Gasteiger partial charge in [-0.2, -0.15) is 0 Å². The molecule has 0 aliphatic heterocycles. The molecule has 0 saturated carbocycles. The zero-order valence-corrected chi connectivity index (χ0v) is 17.3. The standard InChI is InChI=1S/C26H30N2O2/c29-24-14-19(16-28-13-11-17-4-3-12-27-15-17)26(30)23-10-9-21-20-6-2-1-5-18(20)7-8-22(21)25(23)24/h3-4,7-10,12,15,19,24,26,28-30H,1-2,5-6,11,13-14,16H2. The Labute approximate surface area is 178 Å². The first-order valence-electron chi connectivity index (χ1n) is 11.3. The highest BCUT2D eigenvalue weighted by atomic mass is 16.3. The smallest absolute Gasteiger partial charge is 0.0835 e. The number of aromatic nitrogens is 1. The summed E-state index contributed by atoms with van der Waals surface area (Å²) in [7, 11) is 0. The number of nitrogens with zero attached hydrogens (tertiary/aromatic N) is 1.